The fraction of sp³-hybridized carbons (Fsp3) is 0.500. The Morgan fingerprint density at radius 2 is 1.82 bits per heavy atom. The standard InChI is InChI=1S/C14H22N2O/c1-14(2,3)11-7-5-10(6-8-11)12(16-4)9-13(15)17/h5-8,12,16H,9H2,1-4H3,(H2,15,17). The van der Waals surface area contributed by atoms with Gasteiger partial charge in [0, 0.05) is 12.5 Å². The Balaban J connectivity index is 2.89. The monoisotopic (exact) mass is 234 g/mol. The molecule has 1 unspecified atom stereocenters. The Labute approximate surface area is 103 Å². The third-order valence-electron chi connectivity index (χ3n) is 2.93. The van der Waals surface area contributed by atoms with Crippen LogP contribution in [0.15, 0.2) is 24.3 Å². The molecule has 0 spiro atoms. The molecule has 3 nitrogen and oxygen atoms in total. The van der Waals surface area contributed by atoms with Gasteiger partial charge in [0.05, 0.1) is 0 Å². The maximum atomic E-state index is 11.0. The zero-order valence-corrected chi connectivity index (χ0v) is 11.1. The van der Waals surface area contributed by atoms with Crippen LogP contribution < -0.4 is 11.1 Å². The van der Waals surface area contributed by atoms with E-state index in [1.54, 1.807) is 0 Å². The minimum atomic E-state index is -0.288. The quantitative estimate of drug-likeness (QED) is 0.838. The summed E-state index contributed by atoms with van der Waals surface area (Å²) in [5, 5.41) is 3.11. The average Bonchev–Trinajstić information content (AvgIpc) is 2.24. The predicted molar refractivity (Wildman–Crippen MR) is 70.8 cm³/mol. The van der Waals surface area contributed by atoms with E-state index in [9.17, 15) is 4.79 Å². The lowest BCUT2D eigenvalue weighted by atomic mass is 9.86. The van der Waals surface area contributed by atoms with Gasteiger partial charge in [0.2, 0.25) is 5.91 Å². The molecule has 0 radical (unpaired) electrons. The highest BCUT2D eigenvalue weighted by Gasteiger charge is 2.15. The lowest BCUT2D eigenvalue weighted by Gasteiger charge is -2.21. The molecule has 3 heteroatoms. The van der Waals surface area contributed by atoms with Gasteiger partial charge >= 0.3 is 0 Å². The van der Waals surface area contributed by atoms with Crippen LogP contribution in [0.4, 0.5) is 0 Å². The van der Waals surface area contributed by atoms with Crippen LogP contribution >= 0.6 is 0 Å². The van der Waals surface area contributed by atoms with Gasteiger partial charge in [-0.15, -0.1) is 0 Å². The molecule has 0 saturated heterocycles. The number of nitrogens with one attached hydrogen (secondary N) is 1. The maximum absolute atomic E-state index is 11.0. The first-order chi connectivity index (χ1) is 7.84. The summed E-state index contributed by atoms with van der Waals surface area (Å²) < 4.78 is 0. The molecule has 1 aromatic rings. The molecule has 1 atom stereocenters. The van der Waals surface area contributed by atoms with Crippen LogP contribution in [-0.4, -0.2) is 13.0 Å². The SMILES string of the molecule is CNC(CC(N)=O)c1ccc(C(C)(C)C)cc1. The smallest absolute Gasteiger partial charge is 0.219 e. The van der Waals surface area contributed by atoms with Gasteiger partial charge in [0.15, 0.2) is 0 Å². The van der Waals surface area contributed by atoms with Crippen LogP contribution in [0, 0.1) is 0 Å². The molecule has 0 aromatic heterocycles. The molecule has 17 heavy (non-hydrogen) atoms. The summed E-state index contributed by atoms with van der Waals surface area (Å²) in [6.45, 7) is 6.54. The summed E-state index contributed by atoms with van der Waals surface area (Å²) in [4.78, 5) is 11.0. The Kier molecular flexibility index (Phi) is 4.29. The van der Waals surface area contributed by atoms with Crippen molar-refractivity contribution >= 4 is 5.91 Å². The Hall–Kier alpha value is -1.35. The molecule has 1 aromatic carbocycles. The predicted octanol–water partition coefficient (Wildman–Crippen LogP) is 2.12. The summed E-state index contributed by atoms with van der Waals surface area (Å²) in [6.07, 6.45) is 0.325. The van der Waals surface area contributed by atoms with Gasteiger partial charge < -0.3 is 11.1 Å². The Morgan fingerprint density at radius 3 is 2.18 bits per heavy atom. The normalized spacial score (nSPS) is 13.4. The number of carbonyl (C=O) groups is 1. The van der Waals surface area contributed by atoms with Crippen molar-refractivity contribution in [2.45, 2.75) is 38.6 Å². The first kappa shape index (κ1) is 13.7. The highest BCUT2D eigenvalue weighted by atomic mass is 16.1. The highest BCUT2D eigenvalue weighted by molar-refractivity contribution is 5.74. The summed E-state index contributed by atoms with van der Waals surface area (Å²) >= 11 is 0. The van der Waals surface area contributed by atoms with Crippen molar-refractivity contribution in [2.24, 2.45) is 5.73 Å². The molecule has 0 heterocycles. The van der Waals surface area contributed by atoms with Crippen LogP contribution in [0.1, 0.15) is 44.4 Å². The van der Waals surface area contributed by atoms with E-state index in [2.05, 4.69) is 50.4 Å². The largest absolute Gasteiger partial charge is 0.370 e. The van der Waals surface area contributed by atoms with Crippen molar-refractivity contribution in [2.75, 3.05) is 7.05 Å². The molecule has 0 aliphatic carbocycles. The molecular weight excluding hydrogens is 212 g/mol. The van der Waals surface area contributed by atoms with Gasteiger partial charge in [0.25, 0.3) is 0 Å². The number of nitrogens with two attached hydrogens (primary N) is 1. The summed E-state index contributed by atoms with van der Waals surface area (Å²) in [7, 11) is 1.84. The summed E-state index contributed by atoms with van der Waals surface area (Å²) in [5.41, 5.74) is 7.76. The minimum Gasteiger partial charge on any atom is -0.370 e. The van der Waals surface area contributed by atoms with E-state index >= 15 is 0 Å². The molecule has 94 valence electrons. The number of rotatable bonds is 4. The highest BCUT2D eigenvalue weighted by Crippen LogP contribution is 2.24. The van der Waals surface area contributed by atoms with Crippen LogP contribution in [0.5, 0.6) is 0 Å². The second-order valence-electron chi connectivity index (χ2n) is 5.38. The molecule has 0 aliphatic heterocycles. The fourth-order valence-corrected chi connectivity index (χ4v) is 1.80. The van der Waals surface area contributed by atoms with Gasteiger partial charge in [-0.2, -0.15) is 0 Å². The Bertz CT molecular complexity index is 376. The van der Waals surface area contributed by atoms with Crippen molar-refractivity contribution < 1.29 is 4.79 Å². The van der Waals surface area contributed by atoms with E-state index in [1.807, 2.05) is 7.05 Å². The van der Waals surface area contributed by atoms with Gasteiger partial charge in [-0.1, -0.05) is 45.0 Å². The van der Waals surface area contributed by atoms with Gasteiger partial charge in [0.1, 0.15) is 0 Å². The van der Waals surface area contributed by atoms with Crippen molar-refractivity contribution in [1.82, 2.24) is 5.32 Å². The van der Waals surface area contributed by atoms with Crippen molar-refractivity contribution in [3.63, 3.8) is 0 Å². The second kappa shape index (κ2) is 5.32. The molecule has 0 saturated carbocycles. The van der Waals surface area contributed by atoms with Crippen molar-refractivity contribution in [3.8, 4) is 0 Å². The number of hydrogen-bond acceptors (Lipinski definition) is 2. The Morgan fingerprint density at radius 1 is 1.29 bits per heavy atom. The number of carbonyl (C=O) groups excluding carboxylic acids is 1. The van der Waals surface area contributed by atoms with Crippen molar-refractivity contribution in [1.29, 1.82) is 0 Å². The maximum Gasteiger partial charge on any atom is 0.219 e. The number of hydrogen-bond donors (Lipinski definition) is 2. The van der Waals surface area contributed by atoms with E-state index in [0.29, 0.717) is 6.42 Å². The van der Waals surface area contributed by atoms with E-state index in [-0.39, 0.29) is 17.4 Å². The van der Waals surface area contributed by atoms with E-state index in [1.165, 1.54) is 5.56 Å². The molecule has 0 aliphatic rings. The van der Waals surface area contributed by atoms with Gasteiger partial charge in [-0.05, 0) is 23.6 Å². The second-order valence-corrected chi connectivity index (χ2v) is 5.38. The van der Waals surface area contributed by atoms with Crippen LogP contribution in [0.3, 0.4) is 0 Å². The molecule has 1 rings (SSSR count). The molecule has 1 amide bonds. The lowest BCUT2D eigenvalue weighted by molar-refractivity contribution is -0.118. The van der Waals surface area contributed by atoms with Gasteiger partial charge in [-0.25, -0.2) is 0 Å². The average molecular weight is 234 g/mol. The summed E-state index contributed by atoms with van der Waals surface area (Å²) in [5.74, 6) is -0.288. The fourth-order valence-electron chi connectivity index (χ4n) is 1.80. The van der Waals surface area contributed by atoms with Crippen molar-refractivity contribution in [3.05, 3.63) is 35.4 Å². The topological polar surface area (TPSA) is 55.1 Å². The van der Waals surface area contributed by atoms with Crippen LogP contribution in [0.2, 0.25) is 0 Å². The van der Waals surface area contributed by atoms with Crippen LogP contribution in [0.25, 0.3) is 0 Å². The number of amides is 1. The zero-order valence-electron chi connectivity index (χ0n) is 11.1. The zero-order chi connectivity index (χ0) is 13.1. The van der Waals surface area contributed by atoms with E-state index in [0.717, 1.165) is 5.56 Å². The van der Waals surface area contributed by atoms with Crippen LogP contribution in [-0.2, 0) is 10.2 Å². The molecule has 0 fully saturated rings. The number of primary amides is 1. The lowest BCUT2D eigenvalue weighted by Crippen LogP contribution is -2.24. The molecule has 3 N–H and O–H groups in total. The van der Waals surface area contributed by atoms with Gasteiger partial charge in [-0.3, -0.25) is 4.79 Å². The first-order valence-electron chi connectivity index (χ1n) is 5.90. The third-order valence-corrected chi connectivity index (χ3v) is 2.93. The summed E-state index contributed by atoms with van der Waals surface area (Å²) in [6, 6.07) is 8.35. The number of benzene rings is 1. The van der Waals surface area contributed by atoms with E-state index in [4.69, 9.17) is 5.73 Å². The van der Waals surface area contributed by atoms with E-state index < -0.39 is 0 Å². The first-order valence-corrected chi connectivity index (χ1v) is 5.90. The molecule has 0 bridgehead atoms. The third kappa shape index (κ3) is 3.86. The minimum absolute atomic E-state index is 0.00141. The molecular formula is C14H22N2O.